The minimum Gasteiger partial charge on any atom is -0.309 e. The van der Waals surface area contributed by atoms with Gasteiger partial charge in [-0.05, 0) is 63.9 Å². The summed E-state index contributed by atoms with van der Waals surface area (Å²) in [6.45, 7) is 4.79. The topological polar surface area (TPSA) is 4.93 Å². The summed E-state index contributed by atoms with van der Waals surface area (Å²) < 4.78 is 2.38. The van der Waals surface area contributed by atoms with E-state index >= 15 is 0 Å². The second kappa shape index (κ2) is 7.08. The molecule has 0 N–H and O–H groups in total. The molecule has 0 radical (unpaired) electrons. The Labute approximate surface area is 200 Å². The molecular formula is C33H27N. The van der Waals surface area contributed by atoms with Crippen LogP contribution in [0.5, 0.6) is 0 Å². The molecule has 0 saturated carbocycles. The standard InChI is InChI=1S/C33H27N/c1-33(2)29-14-8-6-12-25(29)27-20-22(16-18-30(27)33)23-17-19-32-28(21-23)26-13-7-9-15-31(26)34(32)24-10-4-3-5-11-24/h3-21,27,30H,1-2H3. The van der Waals surface area contributed by atoms with Crippen LogP contribution in [0.1, 0.15) is 36.5 Å². The van der Waals surface area contributed by atoms with Crippen LogP contribution >= 0.6 is 0 Å². The molecule has 0 amide bonds. The first-order valence-electron chi connectivity index (χ1n) is 12.2. The van der Waals surface area contributed by atoms with Crippen LogP contribution in [-0.2, 0) is 5.41 Å². The summed E-state index contributed by atoms with van der Waals surface area (Å²) in [5, 5.41) is 2.61. The van der Waals surface area contributed by atoms with Crippen LogP contribution in [0.2, 0.25) is 0 Å². The summed E-state index contributed by atoms with van der Waals surface area (Å²) in [6, 6.07) is 35.4. The number of benzene rings is 4. The number of hydrogen-bond acceptors (Lipinski definition) is 0. The fourth-order valence-electron chi connectivity index (χ4n) is 6.41. The van der Waals surface area contributed by atoms with Gasteiger partial charge in [-0.2, -0.15) is 0 Å². The van der Waals surface area contributed by atoms with Crippen LogP contribution in [0.3, 0.4) is 0 Å². The lowest BCUT2D eigenvalue weighted by molar-refractivity contribution is 0.395. The first-order chi connectivity index (χ1) is 16.6. The molecule has 2 aliphatic carbocycles. The Balaban J connectivity index is 1.40. The predicted octanol–water partition coefficient (Wildman–Crippen LogP) is 8.43. The van der Waals surface area contributed by atoms with Crippen LogP contribution in [-0.4, -0.2) is 4.57 Å². The first-order valence-corrected chi connectivity index (χ1v) is 12.2. The second-order valence-corrected chi connectivity index (χ2v) is 10.3. The van der Waals surface area contributed by atoms with E-state index in [-0.39, 0.29) is 5.41 Å². The molecule has 2 aliphatic rings. The third-order valence-electron chi connectivity index (χ3n) is 8.10. The van der Waals surface area contributed by atoms with E-state index in [0.717, 1.165) is 0 Å². The number of fused-ring (bicyclic) bond motifs is 6. The number of rotatable bonds is 2. The van der Waals surface area contributed by atoms with Crippen molar-refractivity contribution >= 4 is 27.4 Å². The highest BCUT2D eigenvalue weighted by Gasteiger charge is 2.44. The Bertz CT molecular complexity index is 1630. The molecule has 1 heterocycles. The summed E-state index contributed by atoms with van der Waals surface area (Å²) >= 11 is 0. The molecule has 164 valence electrons. The van der Waals surface area contributed by atoms with Crippen LogP contribution in [0.4, 0.5) is 0 Å². The van der Waals surface area contributed by atoms with Gasteiger partial charge in [0.25, 0.3) is 0 Å². The fourth-order valence-corrected chi connectivity index (χ4v) is 6.41. The largest absolute Gasteiger partial charge is 0.309 e. The summed E-state index contributed by atoms with van der Waals surface area (Å²) in [7, 11) is 0. The minimum atomic E-state index is 0.160. The molecule has 1 nitrogen and oxygen atoms in total. The van der Waals surface area contributed by atoms with Crippen LogP contribution in [0.15, 0.2) is 115 Å². The molecule has 0 bridgehead atoms. The van der Waals surface area contributed by atoms with Crippen molar-refractivity contribution in [3.8, 4) is 5.69 Å². The van der Waals surface area contributed by atoms with E-state index in [1.54, 1.807) is 0 Å². The number of hydrogen-bond donors (Lipinski definition) is 0. The van der Waals surface area contributed by atoms with Crippen molar-refractivity contribution < 1.29 is 0 Å². The molecule has 2 atom stereocenters. The SMILES string of the molecule is CC1(C)c2ccccc2C2C=C(c3ccc4c(c3)c3ccccc3n4-c3ccccc3)C=CC21. The highest BCUT2D eigenvalue weighted by atomic mass is 15.0. The summed E-state index contributed by atoms with van der Waals surface area (Å²) in [4.78, 5) is 0. The second-order valence-electron chi connectivity index (χ2n) is 10.3. The quantitative estimate of drug-likeness (QED) is 0.261. The predicted molar refractivity (Wildman–Crippen MR) is 144 cm³/mol. The lowest BCUT2D eigenvalue weighted by Crippen LogP contribution is -2.25. The van der Waals surface area contributed by atoms with E-state index in [1.807, 2.05) is 0 Å². The molecule has 0 saturated heterocycles. The van der Waals surface area contributed by atoms with Crippen LogP contribution in [0, 0.1) is 5.92 Å². The van der Waals surface area contributed by atoms with Crippen LogP contribution < -0.4 is 0 Å². The highest BCUT2D eigenvalue weighted by Crippen LogP contribution is 2.54. The van der Waals surface area contributed by atoms with Gasteiger partial charge in [-0.25, -0.2) is 0 Å². The minimum absolute atomic E-state index is 0.160. The number of para-hydroxylation sites is 2. The smallest absolute Gasteiger partial charge is 0.0541 e. The third kappa shape index (κ3) is 2.67. The third-order valence-corrected chi connectivity index (χ3v) is 8.10. The maximum atomic E-state index is 2.51. The van der Waals surface area contributed by atoms with Gasteiger partial charge in [0.2, 0.25) is 0 Å². The number of aromatic nitrogens is 1. The van der Waals surface area contributed by atoms with E-state index in [0.29, 0.717) is 11.8 Å². The van der Waals surface area contributed by atoms with Gasteiger partial charge in [0.05, 0.1) is 11.0 Å². The van der Waals surface area contributed by atoms with Gasteiger partial charge in [0.1, 0.15) is 0 Å². The molecule has 5 aromatic rings. The van der Waals surface area contributed by atoms with Crippen LogP contribution in [0.25, 0.3) is 33.1 Å². The van der Waals surface area contributed by atoms with Gasteiger partial charge in [-0.3, -0.25) is 0 Å². The van der Waals surface area contributed by atoms with Gasteiger partial charge in [-0.15, -0.1) is 0 Å². The van der Waals surface area contributed by atoms with Gasteiger partial charge in [0.15, 0.2) is 0 Å². The average molecular weight is 438 g/mol. The number of allylic oxidation sites excluding steroid dienone is 4. The number of nitrogens with zero attached hydrogens (tertiary/aromatic N) is 1. The summed E-state index contributed by atoms with van der Waals surface area (Å²) in [6.07, 6.45) is 7.32. The van der Waals surface area contributed by atoms with Crippen molar-refractivity contribution in [3.05, 3.63) is 132 Å². The monoisotopic (exact) mass is 437 g/mol. The van der Waals surface area contributed by atoms with Gasteiger partial charge >= 0.3 is 0 Å². The van der Waals surface area contributed by atoms with Crippen molar-refractivity contribution in [2.75, 3.05) is 0 Å². The molecule has 0 aliphatic heterocycles. The van der Waals surface area contributed by atoms with E-state index in [9.17, 15) is 0 Å². The van der Waals surface area contributed by atoms with Crippen molar-refractivity contribution in [2.45, 2.75) is 25.2 Å². The summed E-state index contributed by atoms with van der Waals surface area (Å²) in [5.41, 5.74) is 9.46. The van der Waals surface area contributed by atoms with Gasteiger partial charge in [-0.1, -0.05) is 98.8 Å². The lowest BCUT2D eigenvalue weighted by atomic mass is 9.73. The molecule has 4 aromatic carbocycles. The maximum Gasteiger partial charge on any atom is 0.0541 e. The normalized spacial score (nSPS) is 20.4. The van der Waals surface area contributed by atoms with Crippen molar-refractivity contribution in [3.63, 3.8) is 0 Å². The van der Waals surface area contributed by atoms with Crippen molar-refractivity contribution in [2.24, 2.45) is 5.92 Å². The highest BCUT2D eigenvalue weighted by molar-refractivity contribution is 6.10. The lowest BCUT2D eigenvalue weighted by Gasteiger charge is -2.30. The first kappa shape index (κ1) is 19.6. The van der Waals surface area contributed by atoms with E-state index in [4.69, 9.17) is 0 Å². The van der Waals surface area contributed by atoms with Gasteiger partial charge < -0.3 is 4.57 Å². The van der Waals surface area contributed by atoms with E-state index in [2.05, 4.69) is 134 Å². The van der Waals surface area contributed by atoms with Crippen molar-refractivity contribution in [1.29, 1.82) is 0 Å². The Kier molecular flexibility index (Phi) is 4.08. The molecule has 2 unspecified atom stereocenters. The van der Waals surface area contributed by atoms with E-state index < -0.39 is 0 Å². The zero-order valence-corrected chi connectivity index (χ0v) is 19.6. The van der Waals surface area contributed by atoms with Gasteiger partial charge in [0, 0.05) is 22.4 Å². The Morgan fingerprint density at radius 1 is 0.706 bits per heavy atom. The Morgan fingerprint density at radius 3 is 2.32 bits per heavy atom. The molecule has 34 heavy (non-hydrogen) atoms. The fraction of sp³-hybridized carbons (Fsp3) is 0.152. The Hall–Kier alpha value is -3.84. The maximum absolute atomic E-state index is 2.51. The van der Waals surface area contributed by atoms with Crippen molar-refractivity contribution in [1.82, 2.24) is 4.57 Å². The zero-order valence-electron chi connectivity index (χ0n) is 19.6. The molecular weight excluding hydrogens is 410 g/mol. The molecule has 0 spiro atoms. The summed E-state index contributed by atoms with van der Waals surface area (Å²) in [5.74, 6) is 0.949. The van der Waals surface area contributed by atoms with E-state index in [1.165, 1.54) is 49.8 Å². The molecule has 0 fully saturated rings. The molecule has 7 rings (SSSR count). The molecule has 1 heteroatoms. The average Bonchev–Trinajstić information content (AvgIpc) is 3.33. The zero-order chi connectivity index (χ0) is 22.9. The molecule has 1 aromatic heterocycles. The Morgan fingerprint density at radius 2 is 1.44 bits per heavy atom.